The molecule has 0 aliphatic carbocycles. The van der Waals surface area contributed by atoms with Crippen LogP contribution < -0.4 is 10.6 Å². The van der Waals surface area contributed by atoms with Crippen molar-refractivity contribution in [3.63, 3.8) is 0 Å². The molecular formula is C8H13N5O4. The van der Waals surface area contributed by atoms with E-state index >= 15 is 0 Å². The number of nitrogens with zero attached hydrogens (tertiary/aromatic N) is 3. The largest absolute Gasteiger partial charge is 0.480 e. The molecule has 0 aliphatic rings. The van der Waals surface area contributed by atoms with E-state index in [-0.39, 0.29) is 6.54 Å². The zero-order valence-corrected chi connectivity index (χ0v) is 8.91. The lowest BCUT2D eigenvalue weighted by molar-refractivity contribution is -0.140. The fourth-order valence-corrected chi connectivity index (χ4v) is 1.03. The number of aliphatic carboxylic acids is 1. The Balaban J connectivity index is 2.23. The maximum atomic E-state index is 11.2. The number of hydrogen-bond donors (Lipinski definition) is 4. The van der Waals surface area contributed by atoms with Crippen LogP contribution in [0.2, 0.25) is 0 Å². The van der Waals surface area contributed by atoms with Gasteiger partial charge in [0.25, 0.3) is 0 Å². The number of carbonyl (C=O) groups is 2. The first-order valence-corrected chi connectivity index (χ1v) is 4.85. The highest BCUT2D eigenvalue weighted by atomic mass is 16.4. The van der Waals surface area contributed by atoms with Crippen molar-refractivity contribution >= 4 is 12.0 Å². The maximum Gasteiger partial charge on any atom is 0.328 e. The molecule has 0 radical (unpaired) electrons. The molecule has 1 rings (SSSR count). The zero-order chi connectivity index (χ0) is 12.7. The van der Waals surface area contributed by atoms with Crippen molar-refractivity contribution < 1.29 is 19.8 Å². The molecule has 0 spiro atoms. The number of aliphatic hydroxyl groups is 1. The van der Waals surface area contributed by atoms with Crippen LogP contribution in [-0.2, 0) is 11.3 Å². The van der Waals surface area contributed by atoms with Crippen molar-refractivity contribution in [1.29, 1.82) is 0 Å². The Morgan fingerprint density at radius 3 is 2.76 bits per heavy atom. The Kier molecular flexibility index (Phi) is 4.88. The van der Waals surface area contributed by atoms with Crippen molar-refractivity contribution in [2.75, 3.05) is 13.2 Å². The van der Waals surface area contributed by atoms with E-state index in [1.165, 1.54) is 10.9 Å². The predicted octanol–water partition coefficient (Wildman–Crippen LogP) is -1.98. The van der Waals surface area contributed by atoms with Crippen LogP contribution in [0.4, 0.5) is 4.79 Å². The second kappa shape index (κ2) is 6.43. The van der Waals surface area contributed by atoms with Crippen LogP contribution in [0.5, 0.6) is 0 Å². The van der Waals surface area contributed by atoms with Gasteiger partial charge in [-0.15, -0.1) is 5.10 Å². The fraction of sp³-hybridized carbons (Fsp3) is 0.500. The Hall–Kier alpha value is -2.16. The lowest BCUT2D eigenvalue weighted by Gasteiger charge is -2.12. The van der Waals surface area contributed by atoms with Crippen molar-refractivity contribution in [2.24, 2.45) is 0 Å². The highest BCUT2D eigenvalue weighted by Crippen LogP contribution is 1.83. The topological polar surface area (TPSA) is 129 Å². The van der Waals surface area contributed by atoms with Gasteiger partial charge in [-0.2, -0.15) is 0 Å². The third kappa shape index (κ3) is 4.47. The van der Waals surface area contributed by atoms with Gasteiger partial charge in [-0.3, -0.25) is 4.68 Å². The molecule has 9 heteroatoms. The predicted molar refractivity (Wildman–Crippen MR) is 55.1 cm³/mol. The first-order valence-electron chi connectivity index (χ1n) is 4.85. The van der Waals surface area contributed by atoms with Crippen molar-refractivity contribution in [1.82, 2.24) is 25.6 Å². The molecule has 1 aromatic rings. The number of carbonyl (C=O) groups excluding carboxylic acids is 1. The van der Waals surface area contributed by atoms with E-state index in [0.717, 1.165) is 0 Å². The van der Waals surface area contributed by atoms with Gasteiger partial charge in [-0.25, -0.2) is 9.59 Å². The molecule has 0 aromatic carbocycles. The smallest absolute Gasteiger partial charge is 0.328 e. The van der Waals surface area contributed by atoms with Gasteiger partial charge in [0.2, 0.25) is 0 Å². The van der Waals surface area contributed by atoms with Gasteiger partial charge in [0.1, 0.15) is 0 Å². The summed E-state index contributed by atoms with van der Waals surface area (Å²) in [4.78, 5) is 21.7. The molecule has 4 N–H and O–H groups in total. The number of hydrogen-bond acceptors (Lipinski definition) is 5. The van der Waals surface area contributed by atoms with Gasteiger partial charge in [0, 0.05) is 12.7 Å². The molecule has 1 aromatic heterocycles. The van der Waals surface area contributed by atoms with Crippen LogP contribution in [-0.4, -0.2) is 56.4 Å². The Morgan fingerprint density at radius 1 is 1.47 bits per heavy atom. The minimum atomic E-state index is -1.30. The normalized spacial score (nSPS) is 11.8. The van der Waals surface area contributed by atoms with Crippen LogP contribution >= 0.6 is 0 Å². The van der Waals surface area contributed by atoms with Crippen LogP contribution in [0, 0.1) is 0 Å². The summed E-state index contributed by atoms with van der Waals surface area (Å²) in [6.07, 6.45) is 3.14. The lowest BCUT2D eigenvalue weighted by atomic mass is 10.3. The second-order valence-corrected chi connectivity index (χ2v) is 3.14. The minimum absolute atomic E-state index is 0.271. The van der Waals surface area contributed by atoms with Crippen LogP contribution in [0.25, 0.3) is 0 Å². The average molecular weight is 243 g/mol. The van der Waals surface area contributed by atoms with Gasteiger partial charge in [0.05, 0.1) is 19.3 Å². The first kappa shape index (κ1) is 12.9. The van der Waals surface area contributed by atoms with Gasteiger partial charge >= 0.3 is 12.0 Å². The van der Waals surface area contributed by atoms with Crippen molar-refractivity contribution in [2.45, 2.75) is 12.6 Å². The summed E-state index contributed by atoms with van der Waals surface area (Å²) in [7, 11) is 0. The molecule has 94 valence electrons. The zero-order valence-electron chi connectivity index (χ0n) is 8.91. The van der Waals surface area contributed by atoms with Gasteiger partial charge in [0.15, 0.2) is 6.04 Å². The molecule has 0 unspecified atom stereocenters. The summed E-state index contributed by atoms with van der Waals surface area (Å²) < 4.78 is 1.51. The molecule has 1 heterocycles. The lowest BCUT2D eigenvalue weighted by Crippen LogP contribution is -2.48. The minimum Gasteiger partial charge on any atom is -0.480 e. The van der Waals surface area contributed by atoms with E-state index in [9.17, 15) is 9.59 Å². The maximum absolute atomic E-state index is 11.2. The molecule has 2 amide bonds. The molecule has 1 atom stereocenters. The molecular weight excluding hydrogens is 230 g/mol. The van der Waals surface area contributed by atoms with E-state index in [4.69, 9.17) is 10.2 Å². The Labute approximate surface area is 96.4 Å². The monoisotopic (exact) mass is 243 g/mol. The number of carboxylic acid groups (broad SMARTS) is 1. The second-order valence-electron chi connectivity index (χ2n) is 3.14. The summed E-state index contributed by atoms with van der Waals surface area (Å²) in [5, 5.41) is 29.0. The van der Waals surface area contributed by atoms with Gasteiger partial charge in [-0.1, -0.05) is 5.21 Å². The van der Waals surface area contributed by atoms with Crippen LogP contribution in [0.3, 0.4) is 0 Å². The van der Waals surface area contributed by atoms with Crippen LogP contribution in [0.1, 0.15) is 0 Å². The number of urea groups is 1. The number of aliphatic hydroxyl groups excluding tert-OH is 1. The van der Waals surface area contributed by atoms with E-state index in [0.29, 0.717) is 6.54 Å². The van der Waals surface area contributed by atoms with Crippen molar-refractivity contribution in [3.05, 3.63) is 12.4 Å². The van der Waals surface area contributed by atoms with E-state index in [2.05, 4.69) is 20.9 Å². The number of aromatic nitrogens is 3. The molecule has 17 heavy (non-hydrogen) atoms. The quantitative estimate of drug-likeness (QED) is 0.458. The number of carboxylic acids is 1. The van der Waals surface area contributed by atoms with E-state index < -0.39 is 24.6 Å². The third-order valence-electron chi connectivity index (χ3n) is 1.88. The number of amides is 2. The van der Waals surface area contributed by atoms with Crippen molar-refractivity contribution in [3.8, 4) is 0 Å². The summed E-state index contributed by atoms with van der Waals surface area (Å²) in [6, 6.07) is -1.96. The van der Waals surface area contributed by atoms with Gasteiger partial charge < -0.3 is 20.8 Å². The summed E-state index contributed by atoms with van der Waals surface area (Å²) in [5.41, 5.74) is 0. The van der Waals surface area contributed by atoms with Gasteiger partial charge in [-0.05, 0) is 0 Å². The summed E-state index contributed by atoms with van der Waals surface area (Å²) >= 11 is 0. The standard InChI is InChI=1S/C8H13N5O4/c14-5-6(7(15)16)11-8(17)9-1-3-13-4-2-10-12-13/h2,4,6,14H,1,3,5H2,(H,15,16)(H2,9,11,17)/t6-/m0/s1. The van der Waals surface area contributed by atoms with E-state index in [1.54, 1.807) is 6.20 Å². The SMILES string of the molecule is O=C(NCCn1ccnn1)N[C@@H](CO)C(=O)O. The third-order valence-corrected chi connectivity index (χ3v) is 1.88. The Bertz CT molecular complexity index is 366. The molecule has 9 nitrogen and oxygen atoms in total. The molecule has 0 fully saturated rings. The Morgan fingerprint density at radius 2 is 2.24 bits per heavy atom. The first-order chi connectivity index (χ1) is 8.13. The highest BCUT2D eigenvalue weighted by molar-refractivity contribution is 5.82. The molecule has 0 aliphatic heterocycles. The molecule has 0 saturated heterocycles. The number of rotatable bonds is 6. The highest BCUT2D eigenvalue weighted by Gasteiger charge is 2.17. The van der Waals surface area contributed by atoms with E-state index in [1.807, 2.05) is 0 Å². The average Bonchev–Trinajstić information content (AvgIpc) is 2.78. The molecule has 0 saturated carbocycles. The van der Waals surface area contributed by atoms with Crippen LogP contribution in [0.15, 0.2) is 12.4 Å². The number of nitrogens with one attached hydrogen (secondary N) is 2. The summed E-state index contributed by atoms with van der Waals surface area (Å²) in [6.45, 7) is 0.0308. The summed E-state index contributed by atoms with van der Waals surface area (Å²) in [5.74, 6) is -1.29. The molecule has 0 bridgehead atoms. The fourth-order valence-electron chi connectivity index (χ4n) is 1.03.